The van der Waals surface area contributed by atoms with Gasteiger partial charge in [-0.3, -0.25) is 0 Å². The molecule has 0 fully saturated rings. The van der Waals surface area contributed by atoms with Crippen LogP contribution in [-0.4, -0.2) is 29.8 Å². The van der Waals surface area contributed by atoms with E-state index in [1.165, 1.54) is 7.11 Å². The van der Waals surface area contributed by atoms with Crippen LogP contribution in [0.3, 0.4) is 0 Å². The van der Waals surface area contributed by atoms with Gasteiger partial charge in [0.05, 0.1) is 18.1 Å². The molecule has 17 heavy (non-hydrogen) atoms. The largest absolute Gasteiger partial charge is 0.467 e. The van der Waals surface area contributed by atoms with Crippen molar-refractivity contribution in [2.45, 2.75) is 0 Å². The minimum atomic E-state index is 0.199. The number of methoxy groups -OCH3 is 1. The molecule has 0 saturated heterocycles. The van der Waals surface area contributed by atoms with Crippen LogP contribution in [0.1, 0.15) is 0 Å². The Morgan fingerprint density at radius 3 is 3.12 bits per heavy atom. The molecule has 1 aromatic carbocycles. The lowest BCUT2D eigenvalue weighted by atomic mass is 10.3. The number of ether oxygens (including phenoxy) is 1. The molecule has 6 nitrogen and oxygen atoms in total. The van der Waals surface area contributed by atoms with Crippen molar-refractivity contribution < 1.29 is 4.74 Å². The molecule has 2 aromatic rings. The summed E-state index contributed by atoms with van der Waals surface area (Å²) in [5, 5.41) is 4.09. The van der Waals surface area contributed by atoms with E-state index in [0.29, 0.717) is 11.0 Å². The summed E-state index contributed by atoms with van der Waals surface area (Å²) in [6.07, 6.45) is 0. The van der Waals surface area contributed by atoms with E-state index in [2.05, 4.69) is 32.2 Å². The normalized spacial score (nSPS) is 11.5. The van der Waals surface area contributed by atoms with Gasteiger partial charge in [-0.2, -0.15) is 10.1 Å². The van der Waals surface area contributed by atoms with Gasteiger partial charge in [0.25, 0.3) is 0 Å². The molecule has 0 amide bonds. The zero-order valence-corrected chi connectivity index (χ0v) is 9.82. The Morgan fingerprint density at radius 2 is 2.41 bits per heavy atom. The van der Waals surface area contributed by atoms with Gasteiger partial charge in [-0.25, -0.2) is 10.4 Å². The van der Waals surface area contributed by atoms with Crippen LogP contribution in [0.25, 0.3) is 11.0 Å². The lowest BCUT2D eigenvalue weighted by Gasteiger charge is -2.00. The minimum Gasteiger partial charge on any atom is -0.467 e. The lowest BCUT2D eigenvalue weighted by molar-refractivity contribution is 0.382. The predicted molar refractivity (Wildman–Crippen MR) is 67.9 cm³/mol. The van der Waals surface area contributed by atoms with Gasteiger partial charge in [0, 0.05) is 11.7 Å². The van der Waals surface area contributed by atoms with Crippen LogP contribution in [-0.2, 0) is 4.74 Å². The van der Waals surface area contributed by atoms with Crippen molar-refractivity contribution in [3.63, 3.8) is 0 Å². The average Bonchev–Trinajstić information content (AvgIpc) is 2.69. The Kier molecular flexibility index (Phi) is 3.24. The number of nitrogens with one attached hydrogen (secondary N) is 2. The first-order chi connectivity index (χ1) is 8.22. The van der Waals surface area contributed by atoms with E-state index >= 15 is 0 Å². The lowest BCUT2D eigenvalue weighted by Crippen LogP contribution is -2.18. The fraction of sp³-hybridized carbons (Fsp3) is 0.100. The average molecular weight is 252 g/mol. The number of aromatic amines is 1. The molecule has 0 unspecified atom stereocenters. The number of hydrazone groups is 1. The Morgan fingerprint density at radius 1 is 1.59 bits per heavy atom. The number of nitrogens with zero attached hydrogens (tertiary/aromatic N) is 3. The van der Waals surface area contributed by atoms with Crippen LogP contribution in [0.15, 0.2) is 28.3 Å². The number of hydrogen-bond donors (Lipinski definition) is 2. The molecule has 1 aromatic heterocycles. The summed E-state index contributed by atoms with van der Waals surface area (Å²) in [5.41, 5.74) is 4.07. The van der Waals surface area contributed by atoms with E-state index in [1.54, 1.807) is 18.2 Å². The van der Waals surface area contributed by atoms with Gasteiger partial charge >= 0.3 is 6.02 Å². The molecule has 0 aliphatic rings. The predicted octanol–water partition coefficient (Wildman–Crippen LogP) is 2.06. The highest BCUT2D eigenvalue weighted by atomic mass is 35.5. The van der Waals surface area contributed by atoms with Crippen molar-refractivity contribution in [3.05, 3.63) is 23.2 Å². The van der Waals surface area contributed by atoms with Gasteiger partial charge in [-0.1, -0.05) is 11.6 Å². The van der Waals surface area contributed by atoms with Crippen LogP contribution in [0.4, 0.5) is 5.95 Å². The topological polar surface area (TPSA) is 74.7 Å². The first-order valence-corrected chi connectivity index (χ1v) is 5.10. The molecule has 1 heterocycles. The fourth-order valence-corrected chi connectivity index (χ4v) is 1.47. The summed E-state index contributed by atoms with van der Waals surface area (Å²) in [7, 11) is 1.47. The molecule has 0 saturated carbocycles. The Labute approximate surface area is 102 Å². The number of imidazole rings is 1. The van der Waals surface area contributed by atoms with Gasteiger partial charge in [-0.05, 0) is 18.2 Å². The van der Waals surface area contributed by atoms with Crippen LogP contribution in [0, 0.1) is 0 Å². The second-order valence-corrected chi connectivity index (χ2v) is 3.55. The number of aliphatic imine (C=N–C) groups is 1. The number of rotatable bonds is 2. The second-order valence-electron chi connectivity index (χ2n) is 3.11. The van der Waals surface area contributed by atoms with Gasteiger partial charge in [0.15, 0.2) is 0 Å². The molecule has 2 N–H and O–H groups in total. The van der Waals surface area contributed by atoms with Gasteiger partial charge in [0.2, 0.25) is 5.95 Å². The number of amidine groups is 1. The van der Waals surface area contributed by atoms with Crippen molar-refractivity contribution in [1.82, 2.24) is 15.4 Å². The first-order valence-electron chi connectivity index (χ1n) is 4.72. The molecule has 0 atom stereocenters. The number of hydrogen-bond acceptors (Lipinski definition) is 4. The molecule has 7 heteroatoms. The zero-order chi connectivity index (χ0) is 12.3. The van der Waals surface area contributed by atoms with Gasteiger partial charge in [0.1, 0.15) is 0 Å². The Hall–Kier alpha value is -2.08. The monoisotopic (exact) mass is 251 g/mol. The smallest absolute Gasteiger partial charge is 0.313 e. The number of benzene rings is 1. The van der Waals surface area contributed by atoms with Crippen molar-refractivity contribution in [2.24, 2.45) is 10.1 Å². The summed E-state index contributed by atoms with van der Waals surface area (Å²) >= 11 is 5.87. The molecule has 0 bridgehead atoms. The molecular formula is C10H10ClN5O. The van der Waals surface area contributed by atoms with Gasteiger partial charge in [-0.15, -0.1) is 0 Å². The number of aromatic nitrogens is 2. The summed E-state index contributed by atoms with van der Waals surface area (Å²) < 4.78 is 4.93. The zero-order valence-electron chi connectivity index (χ0n) is 9.07. The third-order valence-electron chi connectivity index (χ3n) is 2.01. The highest BCUT2D eigenvalue weighted by Crippen LogP contribution is 2.20. The first kappa shape index (κ1) is 11.4. The van der Waals surface area contributed by atoms with E-state index in [1.807, 2.05) is 0 Å². The van der Waals surface area contributed by atoms with Crippen molar-refractivity contribution in [1.29, 1.82) is 0 Å². The summed E-state index contributed by atoms with van der Waals surface area (Å²) in [4.78, 5) is 11.3. The Bertz CT molecular complexity index is 577. The van der Waals surface area contributed by atoms with Crippen LogP contribution in [0.2, 0.25) is 5.02 Å². The summed E-state index contributed by atoms with van der Waals surface area (Å²) in [6.45, 7) is 3.27. The number of halogens is 1. The van der Waals surface area contributed by atoms with E-state index in [0.717, 1.165) is 11.0 Å². The molecule has 0 radical (unpaired) electrons. The number of H-pyrrole nitrogens is 1. The van der Waals surface area contributed by atoms with Gasteiger partial charge < -0.3 is 9.72 Å². The molecule has 0 aliphatic heterocycles. The van der Waals surface area contributed by atoms with Crippen molar-refractivity contribution >= 4 is 41.3 Å². The fourth-order valence-electron chi connectivity index (χ4n) is 1.30. The summed E-state index contributed by atoms with van der Waals surface area (Å²) in [5.74, 6) is 0.398. The summed E-state index contributed by atoms with van der Waals surface area (Å²) in [6, 6.07) is 5.54. The maximum Gasteiger partial charge on any atom is 0.313 e. The van der Waals surface area contributed by atoms with E-state index in [4.69, 9.17) is 16.3 Å². The standard InChI is InChI=1S/C10H10ClN5O/c1-12-16-10(17-2)15-9-13-7-4-3-6(11)5-8(7)14-9/h3-5H,1H2,2H3,(H2,13,14,15,16). The van der Waals surface area contributed by atoms with E-state index in [9.17, 15) is 0 Å². The van der Waals surface area contributed by atoms with Crippen LogP contribution >= 0.6 is 11.6 Å². The molecule has 2 rings (SSSR count). The quantitative estimate of drug-likeness (QED) is 0.487. The van der Waals surface area contributed by atoms with Crippen molar-refractivity contribution in [2.75, 3.05) is 7.11 Å². The molecular weight excluding hydrogens is 242 g/mol. The molecule has 0 aliphatic carbocycles. The molecule has 88 valence electrons. The third-order valence-corrected chi connectivity index (χ3v) is 2.24. The third kappa shape index (κ3) is 2.54. The SMILES string of the molecule is C=NNC(=Nc1nc2ccc(Cl)cc2[nH]1)OC. The van der Waals surface area contributed by atoms with E-state index < -0.39 is 0 Å². The molecule has 0 spiro atoms. The van der Waals surface area contributed by atoms with E-state index in [-0.39, 0.29) is 6.02 Å². The van der Waals surface area contributed by atoms with Crippen LogP contribution < -0.4 is 5.43 Å². The maximum absolute atomic E-state index is 5.87. The van der Waals surface area contributed by atoms with Crippen molar-refractivity contribution in [3.8, 4) is 0 Å². The maximum atomic E-state index is 5.87. The minimum absolute atomic E-state index is 0.199. The second kappa shape index (κ2) is 4.84. The Balaban J connectivity index is 2.39. The number of fused-ring (bicyclic) bond motifs is 1. The highest BCUT2D eigenvalue weighted by molar-refractivity contribution is 6.31. The highest BCUT2D eigenvalue weighted by Gasteiger charge is 2.04. The van der Waals surface area contributed by atoms with Crippen LogP contribution in [0.5, 0.6) is 0 Å².